The molecule has 0 saturated heterocycles. The van der Waals surface area contributed by atoms with Gasteiger partial charge in [0.2, 0.25) is 0 Å². The van der Waals surface area contributed by atoms with Crippen LogP contribution < -0.4 is 15.7 Å². The van der Waals surface area contributed by atoms with Crippen LogP contribution in [-0.2, 0) is 0 Å². The van der Waals surface area contributed by atoms with Gasteiger partial charge in [0.1, 0.15) is 23.3 Å². The Morgan fingerprint density at radius 2 is 2.21 bits per heavy atom. The third kappa shape index (κ3) is 2.90. The van der Waals surface area contributed by atoms with Crippen LogP contribution in [0.25, 0.3) is 0 Å². The van der Waals surface area contributed by atoms with E-state index in [4.69, 9.17) is 10.00 Å². The fraction of sp³-hybridized carbons (Fsp3) is 0.154. The third-order valence-electron chi connectivity index (χ3n) is 2.53. The summed E-state index contributed by atoms with van der Waals surface area (Å²) in [6.45, 7) is 1.91. The fourth-order valence-corrected chi connectivity index (χ4v) is 1.69. The maximum atomic E-state index is 11.2. The topological polar surface area (TPSA) is 90.8 Å². The Hall–Kier alpha value is -2.81. The molecule has 2 aromatic rings. The highest BCUT2D eigenvalue weighted by Crippen LogP contribution is 2.23. The zero-order chi connectivity index (χ0) is 13.8. The summed E-state index contributed by atoms with van der Waals surface area (Å²) < 4.78 is 5.16. The van der Waals surface area contributed by atoms with Gasteiger partial charge in [0.15, 0.2) is 0 Å². The second kappa shape index (κ2) is 5.23. The predicted octanol–water partition coefficient (Wildman–Crippen LogP) is 1.70. The number of ether oxygens (including phenoxy) is 1. The summed E-state index contributed by atoms with van der Waals surface area (Å²) in [4.78, 5) is 17.3. The molecule has 6 nitrogen and oxygen atoms in total. The fourth-order valence-electron chi connectivity index (χ4n) is 1.69. The Morgan fingerprint density at radius 3 is 2.84 bits per heavy atom. The quantitative estimate of drug-likeness (QED) is 0.872. The Labute approximate surface area is 109 Å². The van der Waals surface area contributed by atoms with Gasteiger partial charge in [0.25, 0.3) is 0 Å². The highest BCUT2D eigenvalue weighted by molar-refractivity contribution is 5.59. The van der Waals surface area contributed by atoms with Gasteiger partial charge in [-0.15, -0.1) is 0 Å². The lowest BCUT2D eigenvalue weighted by atomic mass is 10.2. The van der Waals surface area contributed by atoms with Gasteiger partial charge in [0, 0.05) is 11.8 Å². The summed E-state index contributed by atoms with van der Waals surface area (Å²) in [5, 5.41) is 11.7. The van der Waals surface area contributed by atoms with Crippen LogP contribution in [0.5, 0.6) is 5.75 Å². The number of hydrogen-bond acceptors (Lipinski definition) is 5. The molecule has 0 radical (unpaired) electrons. The number of aryl methyl sites for hydroxylation is 1. The van der Waals surface area contributed by atoms with Gasteiger partial charge in [-0.05, 0) is 30.7 Å². The van der Waals surface area contributed by atoms with E-state index in [1.54, 1.807) is 13.2 Å². The largest absolute Gasteiger partial charge is 0.496 e. The van der Waals surface area contributed by atoms with Crippen LogP contribution >= 0.6 is 0 Å². The molecule has 0 aliphatic rings. The highest BCUT2D eigenvalue weighted by atomic mass is 16.5. The van der Waals surface area contributed by atoms with Crippen LogP contribution in [0.1, 0.15) is 11.3 Å². The van der Waals surface area contributed by atoms with Crippen LogP contribution in [0, 0.1) is 18.3 Å². The maximum Gasteiger partial charge on any atom is 0.347 e. The van der Waals surface area contributed by atoms with E-state index in [0.717, 1.165) is 17.0 Å². The molecule has 1 heterocycles. The first-order chi connectivity index (χ1) is 9.12. The molecule has 0 unspecified atom stereocenters. The molecule has 0 aliphatic heterocycles. The lowest BCUT2D eigenvalue weighted by molar-refractivity contribution is 0.412. The van der Waals surface area contributed by atoms with E-state index < -0.39 is 5.69 Å². The number of aromatic amines is 1. The summed E-state index contributed by atoms with van der Waals surface area (Å²) in [5.74, 6) is 1.10. The molecule has 2 rings (SSSR count). The number of H-pyrrole nitrogens is 1. The van der Waals surface area contributed by atoms with E-state index >= 15 is 0 Å². The number of hydrogen-bond donors (Lipinski definition) is 2. The van der Waals surface area contributed by atoms with Gasteiger partial charge in [0.05, 0.1) is 7.11 Å². The molecule has 1 aromatic heterocycles. The molecule has 0 amide bonds. The molecule has 19 heavy (non-hydrogen) atoms. The molecule has 96 valence electrons. The van der Waals surface area contributed by atoms with Crippen molar-refractivity contribution in [1.82, 2.24) is 9.97 Å². The summed E-state index contributed by atoms with van der Waals surface area (Å²) in [5.41, 5.74) is 1.32. The Bertz CT molecular complexity index is 701. The van der Waals surface area contributed by atoms with E-state index in [0.29, 0.717) is 5.82 Å². The van der Waals surface area contributed by atoms with Crippen molar-refractivity contribution in [3.63, 3.8) is 0 Å². The second-order valence-corrected chi connectivity index (χ2v) is 3.91. The molecule has 2 N–H and O–H groups in total. The van der Waals surface area contributed by atoms with E-state index in [1.807, 2.05) is 25.1 Å². The van der Waals surface area contributed by atoms with Crippen LogP contribution in [0.3, 0.4) is 0 Å². The second-order valence-electron chi connectivity index (χ2n) is 3.91. The average Bonchev–Trinajstić information content (AvgIpc) is 2.38. The van der Waals surface area contributed by atoms with Gasteiger partial charge >= 0.3 is 5.69 Å². The average molecular weight is 256 g/mol. The minimum atomic E-state index is -0.563. The molecule has 0 saturated carbocycles. The van der Waals surface area contributed by atoms with Crippen LogP contribution in [-0.4, -0.2) is 17.1 Å². The number of nitrogens with one attached hydrogen (secondary N) is 2. The predicted molar refractivity (Wildman–Crippen MR) is 70.6 cm³/mol. The van der Waals surface area contributed by atoms with Gasteiger partial charge in [-0.1, -0.05) is 0 Å². The van der Waals surface area contributed by atoms with Gasteiger partial charge in [-0.25, -0.2) is 4.79 Å². The van der Waals surface area contributed by atoms with Crippen LogP contribution in [0.2, 0.25) is 0 Å². The Balaban J connectivity index is 2.31. The number of rotatable bonds is 3. The van der Waals surface area contributed by atoms with Crippen molar-refractivity contribution in [2.24, 2.45) is 0 Å². The first-order valence-corrected chi connectivity index (χ1v) is 5.55. The zero-order valence-electron chi connectivity index (χ0n) is 10.5. The number of methoxy groups -OCH3 is 1. The molecule has 6 heteroatoms. The number of nitrogens with zero attached hydrogens (tertiary/aromatic N) is 2. The van der Waals surface area contributed by atoms with Crippen molar-refractivity contribution in [2.45, 2.75) is 6.92 Å². The van der Waals surface area contributed by atoms with Crippen molar-refractivity contribution >= 4 is 11.5 Å². The third-order valence-corrected chi connectivity index (χ3v) is 2.53. The number of anilines is 2. The van der Waals surface area contributed by atoms with Gasteiger partial charge in [-0.2, -0.15) is 10.2 Å². The van der Waals surface area contributed by atoms with E-state index in [2.05, 4.69) is 15.3 Å². The van der Waals surface area contributed by atoms with E-state index in [-0.39, 0.29) is 5.69 Å². The molecule has 0 aliphatic carbocycles. The minimum Gasteiger partial charge on any atom is -0.496 e. The SMILES string of the molecule is COc1ccc(Nc2cc(C#N)[nH]c(=O)n2)cc1C. The number of benzene rings is 1. The molecule has 0 spiro atoms. The van der Waals surface area contributed by atoms with Crippen molar-refractivity contribution in [3.8, 4) is 11.8 Å². The summed E-state index contributed by atoms with van der Waals surface area (Å²) in [7, 11) is 1.60. The lowest BCUT2D eigenvalue weighted by Crippen LogP contribution is -2.13. The van der Waals surface area contributed by atoms with Gasteiger partial charge < -0.3 is 10.1 Å². The highest BCUT2D eigenvalue weighted by Gasteiger charge is 2.03. The molecule has 0 fully saturated rings. The first kappa shape index (κ1) is 12.6. The van der Waals surface area contributed by atoms with Crippen LogP contribution in [0.4, 0.5) is 11.5 Å². The van der Waals surface area contributed by atoms with Crippen molar-refractivity contribution in [1.29, 1.82) is 5.26 Å². The first-order valence-electron chi connectivity index (χ1n) is 5.55. The van der Waals surface area contributed by atoms with E-state index in [9.17, 15) is 4.79 Å². The summed E-state index contributed by atoms with van der Waals surface area (Å²) in [6.07, 6.45) is 0. The maximum absolute atomic E-state index is 11.2. The number of nitriles is 1. The van der Waals surface area contributed by atoms with Crippen LogP contribution in [0.15, 0.2) is 29.1 Å². The molecule has 0 atom stereocenters. The smallest absolute Gasteiger partial charge is 0.347 e. The monoisotopic (exact) mass is 256 g/mol. The molecule has 1 aromatic carbocycles. The Morgan fingerprint density at radius 1 is 1.42 bits per heavy atom. The van der Waals surface area contributed by atoms with E-state index in [1.165, 1.54) is 6.07 Å². The lowest BCUT2D eigenvalue weighted by Gasteiger charge is -2.09. The molecule has 0 bridgehead atoms. The van der Waals surface area contributed by atoms with Crippen molar-refractivity contribution in [2.75, 3.05) is 12.4 Å². The standard InChI is InChI=1S/C13H12N4O2/c1-8-5-9(3-4-11(8)19-2)15-12-6-10(7-14)16-13(18)17-12/h3-6H,1-2H3,(H2,15,16,17,18). The molecular weight excluding hydrogens is 244 g/mol. The summed E-state index contributed by atoms with van der Waals surface area (Å²) >= 11 is 0. The zero-order valence-corrected chi connectivity index (χ0v) is 10.5. The Kier molecular flexibility index (Phi) is 3.48. The number of aromatic nitrogens is 2. The normalized spacial score (nSPS) is 9.74. The van der Waals surface area contributed by atoms with Gasteiger partial charge in [-0.3, -0.25) is 4.98 Å². The van der Waals surface area contributed by atoms with Crippen molar-refractivity contribution in [3.05, 3.63) is 46.0 Å². The minimum absolute atomic E-state index is 0.160. The molecular formula is C13H12N4O2. The summed E-state index contributed by atoms with van der Waals surface area (Å²) in [6, 6.07) is 8.83. The van der Waals surface area contributed by atoms with Crippen molar-refractivity contribution < 1.29 is 4.74 Å².